The molecule has 1 aromatic carbocycles. The second-order valence-electron chi connectivity index (χ2n) is 3.66. The first-order valence-corrected chi connectivity index (χ1v) is 5.29. The summed E-state index contributed by atoms with van der Waals surface area (Å²) in [5, 5.41) is 2.96. The van der Waals surface area contributed by atoms with Crippen LogP contribution in [0.4, 0.5) is 20.3 Å². The van der Waals surface area contributed by atoms with Crippen molar-refractivity contribution in [3.63, 3.8) is 0 Å². The van der Waals surface area contributed by atoms with Gasteiger partial charge in [0.2, 0.25) is 0 Å². The Morgan fingerprint density at radius 2 is 2.00 bits per heavy atom. The summed E-state index contributed by atoms with van der Waals surface area (Å²) in [6.45, 7) is 0.178. The Morgan fingerprint density at radius 3 is 2.78 bits per heavy atom. The number of aromatic nitrogens is 1. The lowest BCUT2D eigenvalue weighted by Crippen LogP contribution is -2.09. The summed E-state index contributed by atoms with van der Waals surface area (Å²) in [6, 6.07) is 6.72. The zero-order valence-corrected chi connectivity index (χ0v) is 9.45. The van der Waals surface area contributed by atoms with E-state index in [-0.39, 0.29) is 12.1 Å². The highest BCUT2D eigenvalue weighted by molar-refractivity contribution is 5.51. The molecule has 0 amide bonds. The topological polar surface area (TPSA) is 63.0 Å². The molecule has 4 N–H and O–H groups in total. The average Bonchev–Trinajstić information content (AvgIpc) is 2.40. The smallest absolute Gasteiger partial charge is 0.141 e. The van der Waals surface area contributed by atoms with Crippen molar-refractivity contribution in [3.8, 4) is 0 Å². The van der Waals surface area contributed by atoms with Crippen LogP contribution in [-0.4, -0.2) is 4.98 Å². The van der Waals surface area contributed by atoms with Gasteiger partial charge in [0.05, 0.1) is 0 Å². The molecular weight excluding hydrogens is 238 g/mol. The SMILES string of the molecule is NNc1cc(NCc2cc(F)ccc2F)ccn1. The van der Waals surface area contributed by atoms with Crippen LogP contribution in [0.2, 0.25) is 0 Å². The van der Waals surface area contributed by atoms with Crippen LogP contribution in [0.5, 0.6) is 0 Å². The van der Waals surface area contributed by atoms with E-state index in [1.165, 1.54) is 0 Å². The summed E-state index contributed by atoms with van der Waals surface area (Å²) in [4.78, 5) is 3.93. The van der Waals surface area contributed by atoms with Crippen LogP contribution in [0.25, 0.3) is 0 Å². The molecule has 0 spiro atoms. The van der Waals surface area contributed by atoms with Crippen LogP contribution in [0.1, 0.15) is 5.56 Å². The maximum Gasteiger partial charge on any atom is 0.141 e. The Balaban J connectivity index is 2.08. The van der Waals surface area contributed by atoms with Crippen LogP contribution in [0.15, 0.2) is 36.5 Å². The van der Waals surface area contributed by atoms with Gasteiger partial charge in [0.25, 0.3) is 0 Å². The van der Waals surface area contributed by atoms with E-state index in [0.29, 0.717) is 11.5 Å². The van der Waals surface area contributed by atoms with Gasteiger partial charge in [0.15, 0.2) is 0 Å². The van der Waals surface area contributed by atoms with Crippen molar-refractivity contribution < 1.29 is 8.78 Å². The van der Waals surface area contributed by atoms with Crippen LogP contribution < -0.4 is 16.6 Å². The number of hydrogen-bond donors (Lipinski definition) is 3. The highest BCUT2D eigenvalue weighted by Crippen LogP contribution is 2.14. The molecule has 1 heterocycles. The number of pyridine rings is 1. The Kier molecular flexibility index (Phi) is 3.69. The summed E-state index contributed by atoms with van der Waals surface area (Å²) in [6.07, 6.45) is 1.56. The van der Waals surface area contributed by atoms with Crippen LogP contribution >= 0.6 is 0 Å². The molecule has 0 fully saturated rings. The van der Waals surface area contributed by atoms with Crippen molar-refractivity contribution >= 4 is 11.5 Å². The van der Waals surface area contributed by atoms with Gasteiger partial charge in [0, 0.05) is 30.1 Å². The number of rotatable bonds is 4. The van der Waals surface area contributed by atoms with Gasteiger partial charge in [-0.25, -0.2) is 19.6 Å². The lowest BCUT2D eigenvalue weighted by atomic mass is 10.2. The summed E-state index contributed by atoms with van der Waals surface area (Å²) in [5.74, 6) is 4.79. The summed E-state index contributed by atoms with van der Waals surface area (Å²) in [7, 11) is 0. The third kappa shape index (κ3) is 2.92. The largest absolute Gasteiger partial charge is 0.381 e. The van der Waals surface area contributed by atoms with Crippen molar-refractivity contribution in [2.45, 2.75) is 6.54 Å². The second kappa shape index (κ2) is 5.42. The Bertz CT molecular complexity index is 545. The minimum atomic E-state index is -0.466. The second-order valence-corrected chi connectivity index (χ2v) is 3.66. The molecular formula is C12H12F2N4. The molecule has 6 heteroatoms. The third-order valence-electron chi connectivity index (χ3n) is 2.40. The highest BCUT2D eigenvalue weighted by atomic mass is 19.1. The molecule has 0 aliphatic heterocycles. The summed E-state index contributed by atoms with van der Waals surface area (Å²) in [5.41, 5.74) is 3.37. The molecule has 0 bridgehead atoms. The number of nitrogens with one attached hydrogen (secondary N) is 2. The van der Waals surface area contributed by atoms with Gasteiger partial charge >= 0.3 is 0 Å². The molecule has 0 aliphatic rings. The standard InChI is InChI=1S/C12H12F2N4/c13-9-1-2-11(14)8(5-9)7-17-10-3-4-16-12(6-10)18-15/h1-6H,7,15H2,(H2,16,17,18). The lowest BCUT2D eigenvalue weighted by Gasteiger charge is -2.08. The summed E-state index contributed by atoms with van der Waals surface area (Å²) < 4.78 is 26.3. The first kappa shape index (κ1) is 12.3. The Hall–Kier alpha value is -2.21. The first-order valence-electron chi connectivity index (χ1n) is 5.29. The minimum absolute atomic E-state index is 0.178. The van der Waals surface area contributed by atoms with Crippen LogP contribution in [0, 0.1) is 11.6 Å². The van der Waals surface area contributed by atoms with Gasteiger partial charge in [-0.2, -0.15) is 0 Å². The van der Waals surface area contributed by atoms with E-state index in [9.17, 15) is 8.78 Å². The third-order valence-corrected chi connectivity index (χ3v) is 2.40. The monoisotopic (exact) mass is 250 g/mol. The van der Waals surface area contributed by atoms with Gasteiger partial charge in [-0.1, -0.05) is 0 Å². The minimum Gasteiger partial charge on any atom is -0.381 e. The van der Waals surface area contributed by atoms with Crippen molar-refractivity contribution in [2.75, 3.05) is 10.7 Å². The molecule has 2 rings (SSSR count). The maximum absolute atomic E-state index is 13.4. The quantitative estimate of drug-likeness (QED) is 0.575. The summed E-state index contributed by atoms with van der Waals surface area (Å²) >= 11 is 0. The molecule has 0 radical (unpaired) electrons. The van der Waals surface area contributed by atoms with Crippen molar-refractivity contribution in [1.29, 1.82) is 0 Å². The van der Waals surface area contributed by atoms with Crippen LogP contribution in [-0.2, 0) is 6.54 Å². The molecule has 2 aromatic rings. The molecule has 0 unspecified atom stereocenters. The normalized spacial score (nSPS) is 10.2. The number of nitrogen functional groups attached to an aromatic ring is 1. The van der Waals surface area contributed by atoms with E-state index in [4.69, 9.17) is 5.84 Å². The number of nitrogens with zero attached hydrogens (tertiary/aromatic N) is 1. The van der Waals surface area contributed by atoms with Crippen molar-refractivity contribution in [2.24, 2.45) is 5.84 Å². The molecule has 4 nitrogen and oxygen atoms in total. The first-order chi connectivity index (χ1) is 8.69. The number of halogens is 2. The number of hydrogen-bond acceptors (Lipinski definition) is 4. The van der Waals surface area contributed by atoms with E-state index in [1.807, 2.05) is 0 Å². The molecule has 1 aromatic heterocycles. The van der Waals surface area contributed by atoms with Crippen molar-refractivity contribution in [1.82, 2.24) is 4.98 Å². The predicted octanol–water partition coefficient (Wildman–Crippen LogP) is 2.26. The van der Waals surface area contributed by atoms with Gasteiger partial charge in [0.1, 0.15) is 17.5 Å². The van der Waals surface area contributed by atoms with Crippen LogP contribution in [0.3, 0.4) is 0 Å². The maximum atomic E-state index is 13.4. The number of hydrazine groups is 1. The van der Waals surface area contributed by atoms with E-state index in [2.05, 4.69) is 15.7 Å². The van der Waals surface area contributed by atoms with E-state index < -0.39 is 11.6 Å². The van der Waals surface area contributed by atoms with Gasteiger partial charge in [-0.15, -0.1) is 0 Å². The Morgan fingerprint density at radius 1 is 1.17 bits per heavy atom. The predicted molar refractivity (Wildman–Crippen MR) is 65.7 cm³/mol. The van der Waals surface area contributed by atoms with Gasteiger partial charge in [-0.3, -0.25) is 0 Å². The fourth-order valence-electron chi connectivity index (χ4n) is 1.50. The zero-order chi connectivity index (χ0) is 13.0. The highest BCUT2D eigenvalue weighted by Gasteiger charge is 2.04. The zero-order valence-electron chi connectivity index (χ0n) is 9.45. The Labute approximate surface area is 103 Å². The molecule has 18 heavy (non-hydrogen) atoms. The van der Waals surface area contributed by atoms with E-state index >= 15 is 0 Å². The number of benzene rings is 1. The van der Waals surface area contributed by atoms with Gasteiger partial charge < -0.3 is 10.7 Å². The van der Waals surface area contributed by atoms with Gasteiger partial charge in [-0.05, 0) is 24.3 Å². The molecule has 0 saturated heterocycles. The molecule has 0 atom stereocenters. The van der Waals surface area contributed by atoms with E-state index in [0.717, 1.165) is 18.2 Å². The fraction of sp³-hybridized carbons (Fsp3) is 0.0833. The molecule has 94 valence electrons. The lowest BCUT2D eigenvalue weighted by molar-refractivity contribution is 0.587. The van der Waals surface area contributed by atoms with E-state index in [1.54, 1.807) is 18.3 Å². The molecule has 0 saturated carbocycles. The number of nitrogens with two attached hydrogens (primary N) is 1. The molecule has 0 aliphatic carbocycles. The van der Waals surface area contributed by atoms with Crippen molar-refractivity contribution in [3.05, 3.63) is 53.7 Å². The fourth-order valence-corrected chi connectivity index (χ4v) is 1.50. The average molecular weight is 250 g/mol. The number of anilines is 2.